The SMILES string of the molecule is COCCNC(=O)c1cn(C[C@@H]2CC(F)(F)CN2C(=O)c2cc(Cl)ccc2F)nn1. The summed E-state index contributed by atoms with van der Waals surface area (Å²) in [5, 5.41) is 10.2. The third-order valence-corrected chi connectivity index (χ3v) is 4.79. The molecule has 1 aliphatic heterocycles. The highest BCUT2D eigenvalue weighted by Crippen LogP contribution is 2.34. The summed E-state index contributed by atoms with van der Waals surface area (Å²) in [4.78, 5) is 25.6. The van der Waals surface area contributed by atoms with Crippen LogP contribution in [-0.2, 0) is 11.3 Å². The van der Waals surface area contributed by atoms with Gasteiger partial charge in [-0.2, -0.15) is 0 Å². The molecule has 2 heterocycles. The van der Waals surface area contributed by atoms with Crippen molar-refractivity contribution >= 4 is 23.4 Å². The Labute approximate surface area is 174 Å². The molecule has 2 aromatic rings. The monoisotopic (exact) mass is 445 g/mol. The minimum absolute atomic E-state index is 0.00498. The summed E-state index contributed by atoms with van der Waals surface area (Å²) in [7, 11) is 1.49. The molecule has 0 saturated carbocycles. The third kappa shape index (κ3) is 5.08. The van der Waals surface area contributed by atoms with Crippen LogP contribution in [-0.4, -0.2) is 70.5 Å². The van der Waals surface area contributed by atoms with Gasteiger partial charge < -0.3 is 15.0 Å². The fraction of sp³-hybridized carbons (Fsp3) is 0.444. The molecule has 1 atom stereocenters. The Morgan fingerprint density at radius 1 is 1.40 bits per heavy atom. The highest BCUT2D eigenvalue weighted by molar-refractivity contribution is 6.31. The molecule has 1 N–H and O–H groups in total. The first-order valence-corrected chi connectivity index (χ1v) is 9.39. The van der Waals surface area contributed by atoms with E-state index in [0.717, 1.165) is 17.0 Å². The predicted octanol–water partition coefficient (Wildman–Crippen LogP) is 2.00. The van der Waals surface area contributed by atoms with Crippen molar-refractivity contribution in [2.24, 2.45) is 0 Å². The summed E-state index contributed by atoms with van der Waals surface area (Å²) in [6.45, 7) is -0.415. The number of hydrogen-bond acceptors (Lipinski definition) is 5. The molecule has 0 radical (unpaired) electrons. The molecule has 1 aromatic carbocycles. The van der Waals surface area contributed by atoms with Crippen LogP contribution in [0.5, 0.6) is 0 Å². The summed E-state index contributed by atoms with van der Waals surface area (Å²) in [6, 6.07) is 2.39. The summed E-state index contributed by atoms with van der Waals surface area (Å²) in [6.07, 6.45) is 0.664. The van der Waals surface area contributed by atoms with Crippen LogP contribution in [0.3, 0.4) is 0 Å². The first-order chi connectivity index (χ1) is 14.2. The predicted molar refractivity (Wildman–Crippen MR) is 100 cm³/mol. The number of benzene rings is 1. The molecule has 12 heteroatoms. The fourth-order valence-electron chi connectivity index (χ4n) is 3.18. The number of nitrogens with one attached hydrogen (secondary N) is 1. The largest absolute Gasteiger partial charge is 0.383 e. The van der Waals surface area contributed by atoms with Gasteiger partial charge in [-0.25, -0.2) is 17.9 Å². The molecule has 8 nitrogen and oxygen atoms in total. The smallest absolute Gasteiger partial charge is 0.273 e. The molecule has 30 heavy (non-hydrogen) atoms. The Hall–Kier alpha value is -2.66. The van der Waals surface area contributed by atoms with Gasteiger partial charge in [-0.3, -0.25) is 9.59 Å². The van der Waals surface area contributed by atoms with E-state index in [1.54, 1.807) is 0 Å². The number of rotatable bonds is 7. The van der Waals surface area contributed by atoms with E-state index in [-0.39, 0.29) is 29.4 Å². The Balaban J connectivity index is 1.75. The van der Waals surface area contributed by atoms with Crippen molar-refractivity contribution in [1.82, 2.24) is 25.2 Å². The summed E-state index contributed by atoms with van der Waals surface area (Å²) >= 11 is 5.81. The second kappa shape index (κ2) is 9.00. The van der Waals surface area contributed by atoms with Gasteiger partial charge in [0, 0.05) is 25.1 Å². The van der Waals surface area contributed by atoms with Gasteiger partial charge in [0.25, 0.3) is 17.7 Å². The highest BCUT2D eigenvalue weighted by atomic mass is 35.5. The molecule has 1 saturated heterocycles. The normalized spacial score (nSPS) is 17.9. The number of alkyl halides is 2. The number of nitrogens with zero attached hydrogens (tertiary/aromatic N) is 4. The van der Waals surface area contributed by atoms with E-state index in [1.165, 1.54) is 24.1 Å². The number of methoxy groups -OCH3 is 1. The standard InChI is InChI=1S/C18H19ClF3N5O3/c1-30-5-4-23-16(28)15-9-26(25-24-15)8-12-7-18(21,22)10-27(12)17(29)13-6-11(19)2-3-14(13)20/h2-3,6,9,12H,4-5,7-8,10H2,1H3,(H,23,28)/t12-/m0/s1. The second-order valence-electron chi connectivity index (χ2n) is 6.85. The topological polar surface area (TPSA) is 89.4 Å². The van der Waals surface area contributed by atoms with Gasteiger partial charge >= 0.3 is 0 Å². The molecule has 1 aliphatic rings. The van der Waals surface area contributed by atoms with Crippen LogP contribution < -0.4 is 5.32 Å². The number of halogens is 4. The highest BCUT2D eigenvalue weighted by Gasteiger charge is 2.47. The van der Waals surface area contributed by atoms with Crippen LogP contribution in [0.25, 0.3) is 0 Å². The number of hydrogen-bond donors (Lipinski definition) is 1. The van der Waals surface area contributed by atoms with Gasteiger partial charge in [-0.1, -0.05) is 16.8 Å². The number of carbonyl (C=O) groups excluding carboxylic acids is 2. The van der Waals surface area contributed by atoms with Gasteiger partial charge in [0.2, 0.25) is 0 Å². The molecule has 0 unspecified atom stereocenters. The van der Waals surface area contributed by atoms with E-state index in [4.69, 9.17) is 16.3 Å². The first kappa shape index (κ1) is 22.0. The lowest BCUT2D eigenvalue weighted by molar-refractivity contribution is 0.0116. The van der Waals surface area contributed by atoms with Crippen molar-refractivity contribution in [2.75, 3.05) is 26.8 Å². The fourth-order valence-corrected chi connectivity index (χ4v) is 3.35. The lowest BCUT2D eigenvalue weighted by atomic mass is 10.1. The van der Waals surface area contributed by atoms with E-state index in [9.17, 15) is 22.8 Å². The molecule has 1 aromatic heterocycles. The van der Waals surface area contributed by atoms with Crippen LogP contribution >= 0.6 is 11.6 Å². The van der Waals surface area contributed by atoms with Crippen molar-refractivity contribution in [2.45, 2.75) is 24.9 Å². The van der Waals surface area contributed by atoms with Gasteiger partial charge in [0.1, 0.15) is 5.82 Å². The Kier molecular flexibility index (Phi) is 6.61. The Bertz CT molecular complexity index is 940. The lowest BCUT2D eigenvalue weighted by Gasteiger charge is -2.24. The van der Waals surface area contributed by atoms with Gasteiger partial charge in [0.05, 0.1) is 37.5 Å². The molecule has 0 spiro atoms. The minimum atomic E-state index is -3.14. The van der Waals surface area contributed by atoms with Crippen molar-refractivity contribution < 1.29 is 27.5 Å². The number of ether oxygens (including phenoxy) is 1. The average Bonchev–Trinajstić information content (AvgIpc) is 3.27. The maximum atomic E-state index is 14.1. The number of aromatic nitrogens is 3. The van der Waals surface area contributed by atoms with Crippen molar-refractivity contribution in [3.8, 4) is 0 Å². The molecule has 0 bridgehead atoms. The Morgan fingerprint density at radius 2 is 2.17 bits per heavy atom. The quantitative estimate of drug-likeness (QED) is 0.658. The number of amides is 2. The van der Waals surface area contributed by atoms with Crippen LogP contribution in [0.4, 0.5) is 13.2 Å². The molecule has 2 amide bonds. The van der Waals surface area contributed by atoms with Crippen LogP contribution in [0.2, 0.25) is 5.02 Å². The zero-order valence-corrected chi connectivity index (χ0v) is 16.7. The maximum Gasteiger partial charge on any atom is 0.273 e. The third-order valence-electron chi connectivity index (χ3n) is 4.56. The Morgan fingerprint density at radius 3 is 2.90 bits per heavy atom. The average molecular weight is 446 g/mol. The molecular weight excluding hydrogens is 427 g/mol. The van der Waals surface area contributed by atoms with Crippen LogP contribution in [0.1, 0.15) is 27.3 Å². The van der Waals surface area contributed by atoms with E-state index in [0.29, 0.717) is 6.61 Å². The molecule has 162 valence electrons. The second-order valence-corrected chi connectivity index (χ2v) is 7.28. The number of carbonyl (C=O) groups is 2. The van der Waals surface area contributed by atoms with Crippen LogP contribution in [0.15, 0.2) is 24.4 Å². The molecule has 1 fully saturated rings. The maximum absolute atomic E-state index is 14.1. The van der Waals surface area contributed by atoms with E-state index in [1.807, 2.05) is 0 Å². The van der Waals surface area contributed by atoms with Crippen molar-refractivity contribution in [1.29, 1.82) is 0 Å². The summed E-state index contributed by atoms with van der Waals surface area (Å²) < 4.78 is 48.2. The summed E-state index contributed by atoms with van der Waals surface area (Å²) in [5.41, 5.74) is -0.392. The zero-order chi connectivity index (χ0) is 21.9. The van der Waals surface area contributed by atoms with E-state index < -0.39 is 42.6 Å². The van der Waals surface area contributed by atoms with E-state index >= 15 is 0 Å². The molecular formula is C18H19ClF3N5O3. The van der Waals surface area contributed by atoms with Crippen molar-refractivity contribution in [3.05, 3.63) is 46.5 Å². The summed E-state index contributed by atoms with van der Waals surface area (Å²) in [5.74, 6) is -5.39. The van der Waals surface area contributed by atoms with Gasteiger partial charge in [-0.05, 0) is 18.2 Å². The lowest BCUT2D eigenvalue weighted by Crippen LogP contribution is -2.39. The molecule has 0 aliphatic carbocycles. The minimum Gasteiger partial charge on any atom is -0.383 e. The molecule has 3 rings (SSSR count). The van der Waals surface area contributed by atoms with Gasteiger partial charge in [0.15, 0.2) is 5.69 Å². The van der Waals surface area contributed by atoms with E-state index in [2.05, 4.69) is 15.6 Å². The first-order valence-electron chi connectivity index (χ1n) is 9.01. The zero-order valence-electron chi connectivity index (χ0n) is 15.9. The van der Waals surface area contributed by atoms with Crippen LogP contribution in [0, 0.1) is 5.82 Å². The van der Waals surface area contributed by atoms with Gasteiger partial charge in [-0.15, -0.1) is 5.10 Å². The number of likely N-dealkylation sites (tertiary alicyclic amines) is 1. The van der Waals surface area contributed by atoms with Crippen molar-refractivity contribution in [3.63, 3.8) is 0 Å².